The third-order valence-electron chi connectivity index (χ3n) is 3.68. The molecule has 0 radical (unpaired) electrons. The van der Waals surface area contributed by atoms with Crippen molar-refractivity contribution in [3.05, 3.63) is 61.1 Å². The molecule has 7 heteroatoms. The minimum atomic E-state index is -0.508. The number of pyridine rings is 1. The first-order valence-corrected chi connectivity index (χ1v) is 8.76. The lowest BCUT2D eigenvalue weighted by Gasteiger charge is -2.12. The summed E-state index contributed by atoms with van der Waals surface area (Å²) >= 11 is 1.39. The average Bonchev–Trinajstić information content (AvgIpc) is 3.25. The fourth-order valence-corrected chi connectivity index (χ4v) is 3.20. The van der Waals surface area contributed by atoms with Crippen molar-refractivity contribution in [2.75, 3.05) is 0 Å². The minimum absolute atomic E-state index is 0.0552. The first kappa shape index (κ1) is 17.2. The molecule has 1 fully saturated rings. The summed E-state index contributed by atoms with van der Waals surface area (Å²) in [5, 5.41) is 10.5. The normalized spacial score (nSPS) is 15.6. The lowest BCUT2D eigenvalue weighted by atomic mass is 10.3. The van der Waals surface area contributed by atoms with Gasteiger partial charge in [-0.05, 0) is 38.0 Å². The molecule has 1 aliphatic rings. The maximum atomic E-state index is 12.5. The molecule has 0 atom stereocenters. The predicted octanol–water partition coefficient (Wildman–Crippen LogP) is 3.25. The number of thioether (sulfide) groups is 1. The molecular formula is C18H19N5OS. The Hall–Kier alpha value is -2.67. The van der Waals surface area contributed by atoms with Crippen molar-refractivity contribution in [1.82, 2.24) is 25.5 Å². The van der Waals surface area contributed by atoms with Crippen LogP contribution in [-0.4, -0.2) is 30.8 Å². The van der Waals surface area contributed by atoms with Gasteiger partial charge in [-0.1, -0.05) is 36.6 Å². The molecule has 6 nitrogen and oxygen atoms in total. The van der Waals surface area contributed by atoms with Crippen molar-refractivity contribution in [3.8, 4) is 11.4 Å². The second-order valence-corrected chi connectivity index (χ2v) is 7.02. The second kappa shape index (κ2) is 7.48. The molecule has 0 aromatic carbocycles. The second-order valence-electron chi connectivity index (χ2n) is 5.67. The quantitative estimate of drug-likeness (QED) is 0.747. The van der Waals surface area contributed by atoms with Gasteiger partial charge in [-0.3, -0.25) is 14.9 Å². The Bertz CT molecular complexity index is 821. The van der Waals surface area contributed by atoms with E-state index in [1.807, 2.05) is 37.3 Å². The Morgan fingerprint density at radius 2 is 2.28 bits per heavy atom. The number of carbonyl (C=O) groups excluding carboxylic acids is 1. The van der Waals surface area contributed by atoms with Crippen LogP contribution in [0.5, 0.6) is 0 Å². The Kier molecular flexibility index (Phi) is 5.14. The van der Waals surface area contributed by atoms with Gasteiger partial charge in [0.15, 0.2) is 5.82 Å². The number of nitrogens with zero attached hydrogens (tertiary/aromatic N) is 3. The van der Waals surface area contributed by atoms with Gasteiger partial charge < -0.3 is 5.32 Å². The highest BCUT2D eigenvalue weighted by Gasteiger charge is 2.52. The lowest BCUT2D eigenvalue weighted by Crippen LogP contribution is -2.33. The number of aromatic amines is 1. The molecule has 0 aliphatic heterocycles. The van der Waals surface area contributed by atoms with Crippen molar-refractivity contribution in [2.45, 2.75) is 29.7 Å². The third-order valence-corrected chi connectivity index (χ3v) is 5.03. The molecule has 128 valence electrons. The van der Waals surface area contributed by atoms with Crippen LogP contribution >= 0.6 is 11.8 Å². The van der Waals surface area contributed by atoms with Crippen LogP contribution in [-0.2, 0) is 4.79 Å². The molecule has 2 aromatic heterocycles. The van der Waals surface area contributed by atoms with Crippen LogP contribution in [0, 0.1) is 0 Å². The van der Waals surface area contributed by atoms with Gasteiger partial charge in [-0.25, -0.2) is 4.98 Å². The van der Waals surface area contributed by atoms with E-state index in [2.05, 4.69) is 32.1 Å². The smallest absolute Gasteiger partial charge is 0.241 e. The monoisotopic (exact) mass is 353 g/mol. The number of hydrogen-bond donors (Lipinski definition) is 2. The Morgan fingerprint density at radius 3 is 2.96 bits per heavy atom. The summed E-state index contributed by atoms with van der Waals surface area (Å²) in [6.45, 7) is 5.78. The van der Waals surface area contributed by atoms with E-state index in [4.69, 9.17) is 0 Å². The molecule has 1 saturated carbocycles. The van der Waals surface area contributed by atoms with E-state index in [9.17, 15) is 4.79 Å². The van der Waals surface area contributed by atoms with Gasteiger partial charge >= 0.3 is 0 Å². The van der Waals surface area contributed by atoms with Crippen molar-refractivity contribution in [3.63, 3.8) is 0 Å². The van der Waals surface area contributed by atoms with Crippen LogP contribution in [0.4, 0.5) is 0 Å². The molecule has 2 aromatic rings. The lowest BCUT2D eigenvalue weighted by molar-refractivity contribution is -0.120. The van der Waals surface area contributed by atoms with Gasteiger partial charge in [0.2, 0.25) is 11.1 Å². The number of H-pyrrole nitrogens is 1. The summed E-state index contributed by atoms with van der Waals surface area (Å²) in [7, 11) is 0. The highest BCUT2D eigenvalue weighted by molar-refractivity contribution is 8.01. The van der Waals surface area contributed by atoms with E-state index in [1.54, 1.807) is 18.5 Å². The standard InChI is InChI=1S/C18H19N5OS/c1-3-4-5-7-13(2)20-16(24)18(9-10-18)25-17-21-15(22-23-17)14-8-6-11-19-12-14/h3-8,11-12H,2,9-10H2,1H3,(H,20,24)(H,21,22,23)/b4-3-,7-5-. The fraction of sp³-hybridized carbons (Fsp3) is 0.222. The summed E-state index contributed by atoms with van der Waals surface area (Å²) in [6.07, 6.45) is 12.4. The summed E-state index contributed by atoms with van der Waals surface area (Å²) in [5.41, 5.74) is 1.43. The highest BCUT2D eigenvalue weighted by atomic mass is 32.2. The number of nitrogens with one attached hydrogen (secondary N) is 2. The van der Waals surface area contributed by atoms with Crippen LogP contribution < -0.4 is 5.32 Å². The maximum absolute atomic E-state index is 12.5. The molecule has 1 amide bonds. The van der Waals surface area contributed by atoms with Crippen LogP contribution in [0.2, 0.25) is 0 Å². The maximum Gasteiger partial charge on any atom is 0.241 e. The van der Waals surface area contributed by atoms with E-state index in [0.717, 1.165) is 18.4 Å². The Morgan fingerprint density at radius 1 is 1.44 bits per heavy atom. The number of hydrogen-bond acceptors (Lipinski definition) is 5. The van der Waals surface area contributed by atoms with Gasteiger partial charge in [0.05, 0.1) is 0 Å². The first-order chi connectivity index (χ1) is 12.1. The molecule has 3 rings (SSSR count). The van der Waals surface area contributed by atoms with Gasteiger partial charge in [-0.15, -0.1) is 5.10 Å². The van der Waals surface area contributed by atoms with E-state index in [0.29, 0.717) is 16.7 Å². The van der Waals surface area contributed by atoms with Crippen LogP contribution in [0.3, 0.4) is 0 Å². The molecule has 2 heterocycles. The minimum Gasteiger partial charge on any atom is -0.325 e. The van der Waals surface area contributed by atoms with E-state index < -0.39 is 4.75 Å². The van der Waals surface area contributed by atoms with Gasteiger partial charge in [0, 0.05) is 23.7 Å². The number of carbonyl (C=O) groups is 1. The van der Waals surface area contributed by atoms with Crippen LogP contribution in [0.25, 0.3) is 11.4 Å². The number of amides is 1. The molecule has 0 saturated heterocycles. The zero-order valence-corrected chi connectivity index (χ0v) is 14.7. The predicted molar refractivity (Wildman–Crippen MR) is 98.7 cm³/mol. The molecule has 2 N–H and O–H groups in total. The molecule has 25 heavy (non-hydrogen) atoms. The summed E-state index contributed by atoms with van der Waals surface area (Å²) in [4.78, 5) is 21.1. The average molecular weight is 353 g/mol. The van der Waals surface area contributed by atoms with Gasteiger partial charge in [0.25, 0.3) is 0 Å². The Balaban J connectivity index is 1.63. The molecule has 0 spiro atoms. The summed E-state index contributed by atoms with van der Waals surface area (Å²) in [6, 6.07) is 3.75. The summed E-state index contributed by atoms with van der Waals surface area (Å²) in [5.74, 6) is 0.589. The van der Waals surface area contributed by atoms with E-state index in [1.165, 1.54) is 11.8 Å². The van der Waals surface area contributed by atoms with E-state index in [-0.39, 0.29) is 5.91 Å². The molecule has 1 aliphatic carbocycles. The first-order valence-electron chi connectivity index (χ1n) is 7.94. The van der Waals surface area contributed by atoms with Crippen molar-refractivity contribution < 1.29 is 4.79 Å². The summed E-state index contributed by atoms with van der Waals surface area (Å²) < 4.78 is -0.508. The largest absolute Gasteiger partial charge is 0.325 e. The zero-order valence-electron chi connectivity index (χ0n) is 13.9. The van der Waals surface area contributed by atoms with Crippen molar-refractivity contribution in [1.29, 1.82) is 0 Å². The van der Waals surface area contributed by atoms with E-state index >= 15 is 0 Å². The van der Waals surface area contributed by atoms with Crippen molar-refractivity contribution in [2.24, 2.45) is 0 Å². The van der Waals surface area contributed by atoms with Crippen LogP contribution in [0.15, 0.2) is 66.3 Å². The number of rotatable bonds is 7. The fourth-order valence-electron chi connectivity index (χ4n) is 2.17. The van der Waals surface area contributed by atoms with Gasteiger partial charge in [0.1, 0.15) is 4.75 Å². The molecule has 0 unspecified atom stereocenters. The number of allylic oxidation sites excluding steroid dienone is 4. The molecule has 0 bridgehead atoms. The van der Waals surface area contributed by atoms with Crippen molar-refractivity contribution >= 4 is 17.7 Å². The third kappa shape index (κ3) is 4.24. The SMILES string of the molecule is C=C(/C=C\C=C/C)NC(=O)C1(Sc2n[nH]c(-c3cccnc3)n2)CC1. The zero-order chi connectivity index (χ0) is 17.7. The van der Waals surface area contributed by atoms with Gasteiger partial charge in [-0.2, -0.15) is 0 Å². The Labute approximate surface area is 150 Å². The topological polar surface area (TPSA) is 83.6 Å². The highest BCUT2D eigenvalue weighted by Crippen LogP contribution is 2.51. The molecular weight excluding hydrogens is 334 g/mol. The number of aromatic nitrogens is 4. The van der Waals surface area contributed by atoms with Crippen LogP contribution in [0.1, 0.15) is 19.8 Å².